The van der Waals surface area contributed by atoms with Crippen molar-refractivity contribution < 1.29 is 4.79 Å². The summed E-state index contributed by atoms with van der Waals surface area (Å²) in [5.74, 6) is -0.0303. The van der Waals surface area contributed by atoms with Gasteiger partial charge in [-0.1, -0.05) is 54.1 Å². The zero-order chi connectivity index (χ0) is 17.1. The van der Waals surface area contributed by atoms with Crippen molar-refractivity contribution >= 4 is 17.5 Å². The molecule has 0 saturated heterocycles. The molecule has 0 aliphatic rings. The Kier molecular flexibility index (Phi) is 4.81. The standard InChI is InChI=1S/C20H19ClN2O/c1-14-19(12-16-6-4-3-5-7-16)15(2)23(22-14)20(24)13-17-8-10-18(21)11-9-17/h3-11H,12-13H2,1-2H3. The van der Waals surface area contributed by atoms with E-state index in [0.29, 0.717) is 11.4 Å². The van der Waals surface area contributed by atoms with Crippen LogP contribution in [0.3, 0.4) is 0 Å². The number of benzene rings is 2. The summed E-state index contributed by atoms with van der Waals surface area (Å²) in [7, 11) is 0. The van der Waals surface area contributed by atoms with E-state index in [1.54, 1.807) is 12.1 Å². The van der Waals surface area contributed by atoms with Crippen molar-refractivity contribution in [1.82, 2.24) is 9.78 Å². The molecule has 1 heterocycles. The molecule has 0 aliphatic heterocycles. The van der Waals surface area contributed by atoms with Crippen LogP contribution in [-0.2, 0) is 12.8 Å². The Hall–Kier alpha value is -2.39. The minimum Gasteiger partial charge on any atom is -0.272 e. The fourth-order valence-electron chi connectivity index (χ4n) is 2.83. The van der Waals surface area contributed by atoms with Crippen molar-refractivity contribution in [2.24, 2.45) is 0 Å². The van der Waals surface area contributed by atoms with E-state index in [1.807, 2.05) is 44.2 Å². The average Bonchev–Trinajstić information content (AvgIpc) is 2.86. The first kappa shape index (κ1) is 16.5. The summed E-state index contributed by atoms with van der Waals surface area (Å²) in [5.41, 5.74) is 5.08. The number of halogens is 1. The molecule has 3 rings (SSSR count). The lowest BCUT2D eigenvalue weighted by Crippen LogP contribution is -2.16. The van der Waals surface area contributed by atoms with Crippen molar-refractivity contribution in [3.63, 3.8) is 0 Å². The molecule has 2 aromatic carbocycles. The van der Waals surface area contributed by atoms with E-state index < -0.39 is 0 Å². The van der Waals surface area contributed by atoms with E-state index in [9.17, 15) is 4.79 Å². The molecular weight excluding hydrogens is 320 g/mol. The molecule has 0 atom stereocenters. The minimum absolute atomic E-state index is 0.0303. The minimum atomic E-state index is -0.0303. The topological polar surface area (TPSA) is 34.9 Å². The van der Waals surface area contributed by atoms with Gasteiger partial charge in [0.2, 0.25) is 0 Å². The molecule has 0 spiro atoms. The summed E-state index contributed by atoms with van der Waals surface area (Å²) in [5, 5.41) is 5.13. The summed E-state index contributed by atoms with van der Waals surface area (Å²) in [4.78, 5) is 12.6. The number of aryl methyl sites for hydroxylation is 1. The van der Waals surface area contributed by atoms with E-state index in [2.05, 4.69) is 17.2 Å². The number of aromatic nitrogens is 2. The zero-order valence-electron chi connectivity index (χ0n) is 13.8. The largest absolute Gasteiger partial charge is 0.272 e. The van der Waals surface area contributed by atoms with Crippen LogP contribution < -0.4 is 0 Å². The van der Waals surface area contributed by atoms with Gasteiger partial charge in [-0.2, -0.15) is 5.10 Å². The van der Waals surface area contributed by atoms with Crippen LogP contribution in [0.4, 0.5) is 0 Å². The second-order valence-electron chi connectivity index (χ2n) is 5.92. The molecule has 0 amide bonds. The first-order chi connectivity index (χ1) is 11.5. The van der Waals surface area contributed by atoms with Gasteiger partial charge in [0.15, 0.2) is 0 Å². The number of carbonyl (C=O) groups excluding carboxylic acids is 1. The van der Waals surface area contributed by atoms with Gasteiger partial charge in [0, 0.05) is 22.7 Å². The number of nitrogens with zero attached hydrogens (tertiary/aromatic N) is 2. The van der Waals surface area contributed by atoms with Gasteiger partial charge in [-0.05, 0) is 37.1 Å². The molecule has 1 aromatic heterocycles. The molecule has 4 heteroatoms. The smallest absolute Gasteiger partial charge is 0.251 e. The van der Waals surface area contributed by atoms with E-state index in [0.717, 1.165) is 28.9 Å². The molecule has 3 nitrogen and oxygen atoms in total. The van der Waals surface area contributed by atoms with Gasteiger partial charge in [-0.3, -0.25) is 4.79 Å². The lowest BCUT2D eigenvalue weighted by Gasteiger charge is -2.05. The molecule has 0 fully saturated rings. The highest BCUT2D eigenvalue weighted by Crippen LogP contribution is 2.18. The molecular formula is C20H19ClN2O. The predicted molar refractivity (Wildman–Crippen MR) is 96.7 cm³/mol. The van der Waals surface area contributed by atoms with Crippen LogP contribution in [0.1, 0.15) is 32.9 Å². The second-order valence-corrected chi connectivity index (χ2v) is 6.36. The van der Waals surface area contributed by atoms with Crippen LogP contribution in [0.15, 0.2) is 54.6 Å². The maximum Gasteiger partial charge on any atom is 0.251 e. The summed E-state index contributed by atoms with van der Waals surface area (Å²) in [6, 6.07) is 17.6. The Morgan fingerprint density at radius 2 is 1.67 bits per heavy atom. The molecule has 0 radical (unpaired) electrons. The van der Waals surface area contributed by atoms with Crippen LogP contribution in [-0.4, -0.2) is 15.7 Å². The molecule has 0 aliphatic carbocycles. The summed E-state index contributed by atoms with van der Waals surface area (Å²) in [6.07, 6.45) is 1.09. The summed E-state index contributed by atoms with van der Waals surface area (Å²) < 4.78 is 1.53. The van der Waals surface area contributed by atoms with Gasteiger partial charge >= 0.3 is 0 Å². The second kappa shape index (κ2) is 7.02. The van der Waals surface area contributed by atoms with E-state index in [1.165, 1.54) is 10.2 Å². The van der Waals surface area contributed by atoms with Crippen molar-refractivity contribution in [3.8, 4) is 0 Å². The highest BCUT2D eigenvalue weighted by atomic mass is 35.5. The van der Waals surface area contributed by atoms with Gasteiger partial charge in [-0.25, -0.2) is 4.68 Å². The van der Waals surface area contributed by atoms with Crippen LogP contribution in [0.25, 0.3) is 0 Å². The molecule has 24 heavy (non-hydrogen) atoms. The van der Waals surface area contributed by atoms with Crippen LogP contribution in [0.5, 0.6) is 0 Å². The molecule has 122 valence electrons. The van der Waals surface area contributed by atoms with Crippen molar-refractivity contribution in [3.05, 3.63) is 87.7 Å². The van der Waals surface area contributed by atoms with Gasteiger partial charge < -0.3 is 0 Å². The molecule has 0 unspecified atom stereocenters. The van der Waals surface area contributed by atoms with Crippen molar-refractivity contribution in [2.45, 2.75) is 26.7 Å². The fourth-order valence-corrected chi connectivity index (χ4v) is 2.95. The Balaban J connectivity index is 1.82. The van der Waals surface area contributed by atoms with E-state index in [4.69, 9.17) is 11.6 Å². The van der Waals surface area contributed by atoms with Crippen LogP contribution >= 0.6 is 11.6 Å². The first-order valence-electron chi connectivity index (χ1n) is 7.91. The van der Waals surface area contributed by atoms with E-state index in [-0.39, 0.29) is 5.91 Å². The van der Waals surface area contributed by atoms with Crippen LogP contribution in [0, 0.1) is 13.8 Å². The Labute approximate surface area is 146 Å². The number of carbonyl (C=O) groups is 1. The first-order valence-corrected chi connectivity index (χ1v) is 8.29. The highest BCUT2D eigenvalue weighted by molar-refractivity contribution is 6.30. The third kappa shape index (κ3) is 3.57. The fraction of sp³-hybridized carbons (Fsp3) is 0.200. The lowest BCUT2D eigenvalue weighted by molar-refractivity contribution is 0.0895. The van der Waals surface area contributed by atoms with Gasteiger partial charge in [0.1, 0.15) is 0 Å². The Bertz CT molecular complexity index is 851. The van der Waals surface area contributed by atoms with E-state index >= 15 is 0 Å². The Morgan fingerprint density at radius 3 is 2.33 bits per heavy atom. The average molecular weight is 339 g/mol. The molecule has 0 N–H and O–H groups in total. The van der Waals surface area contributed by atoms with Gasteiger partial charge in [0.25, 0.3) is 5.91 Å². The third-order valence-electron chi connectivity index (χ3n) is 4.17. The lowest BCUT2D eigenvalue weighted by atomic mass is 10.0. The third-order valence-corrected chi connectivity index (χ3v) is 4.42. The maximum absolute atomic E-state index is 12.6. The quantitative estimate of drug-likeness (QED) is 0.695. The van der Waals surface area contributed by atoms with Gasteiger partial charge in [0.05, 0.1) is 12.1 Å². The summed E-state index contributed by atoms with van der Waals surface area (Å²) in [6.45, 7) is 3.91. The summed E-state index contributed by atoms with van der Waals surface area (Å²) >= 11 is 5.89. The SMILES string of the molecule is Cc1nn(C(=O)Cc2ccc(Cl)cc2)c(C)c1Cc1ccccc1. The normalized spacial score (nSPS) is 10.8. The zero-order valence-corrected chi connectivity index (χ0v) is 14.5. The predicted octanol–water partition coefficient (Wildman–Crippen LogP) is 4.63. The molecule has 0 saturated carbocycles. The Morgan fingerprint density at radius 1 is 1.00 bits per heavy atom. The number of hydrogen-bond donors (Lipinski definition) is 0. The van der Waals surface area contributed by atoms with Crippen molar-refractivity contribution in [2.75, 3.05) is 0 Å². The number of hydrogen-bond acceptors (Lipinski definition) is 2. The van der Waals surface area contributed by atoms with Crippen LogP contribution in [0.2, 0.25) is 5.02 Å². The van der Waals surface area contributed by atoms with Gasteiger partial charge in [-0.15, -0.1) is 0 Å². The molecule has 0 bridgehead atoms. The number of rotatable bonds is 4. The van der Waals surface area contributed by atoms with Crippen molar-refractivity contribution in [1.29, 1.82) is 0 Å². The maximum atomic E-state index is 12.6. The monoisotopic (exact) mass is 338 g/mol. The highest BCUT2D eigenvalue weighted by Gasteiger charge is 2.17. The molecule has 3 aromatic rings.